The standard InChI is InChI=1S/C22H19ClF2IN3O3S/c1-11-7-19(21(29(2)22(11)30)27-18-6-4-13(26)9-16(18)23)28-33(31,32)20-10-15(20)14-5-3-12(24)8-17(14)25/h3-9,15,20,27-28H,10H2,1-2H3. The molecule has 0 aliphatic heterocycles. The Hall–Kier alpha value is -2.18. The monoisotopic (exact) mass is 605 g/mol. The number of nitrogens with one attached hydrogen (secondary N) is 2. The van der Waals surface area contributed by atoms with E-state index >= 15 is 0 Å². The molecular weight excluding hydrogens is 587 g/mol. The lowest BCUT2D eigenvalue weighted by Crippen LogP contribution is -2.26. The molecule has 2 atom stereocenters. The second-order valence-corrected chi connectivity index (χ2v) is 11.4. The fourth-order valence-corrected chi connectivity index (χ4v) is 6.27. The van der Waals surface area contributed by atoms with Crippen molar-refractivity contribution in [2.75, 3.05) is 10.0 Å². The SMILES string of the molecule is Cc1cc(NS(=O)(=O)C2CC2c2ccc(F)cc2F)c(Nc2ccc(I)cc2Cl)n(C)c1=O. The smallest absolute Gasteiger partial charge is 0.254 e. The van der Waals surface area contributed by atoms with Crippen molar-refractivity contribution in [2.45, 2.75) is 24.5 Å². The molecule has 0 saturated heterocycles. The van der Waals surface area contributed by atoms with Gasteiger partial charge in [0.25, 0.3) is 5.56 Å². The number of aromatic nitrogens is 1. The predicted octanol–water partition coefficient (Wildman–Crippen LogP) is 5.27. The number of hydrogen-bond donors (Lipinski definition) is 2. The normalized spacial score (nSPS) is 17.6. The summed E-state index contributed by atoms with van der Waals surface area (Å²) in [6.45, 7) is 1.58. The molecule has 1 heterocycles. The van der Waals surface area contributed by atoms with Gasteiger partial charge in [0.05, 0.1) is 21.6 Å². The highest BCUT2D eigenvalue weighted by Gasteiger charge is 2.49. The number of aryl methyl sites for hydroxylation is 1. The van der Waals surface area contributed by atoms with Crippen LogP contribution in [0, 0.1) is 22.1 Å². The van der Waals surface area contributed by atoms with Crippen molar-refractivity contribution in [3.05, 3.63) is 84.2 Å². The van der Waals surface area contributed by atoms with Crippen LogP contribution >= 0.6 is 34.2 Å². The van der Waals surface area contributed by atoms with Crippen molar-refractivity contribution in [1.29, 1.82) is 0 Å². The zero-order valence-electron chi connectivity index (χ0n) is 17.5. The topological polar surface area (TPSA) is 80.2 Å². The molecule has 4 rings (SSSR count). The van der Waals surface area contributed by atoms with Crippen molar-refractivity contribution in [1.82, 2.24) is 4.57 Å². The minimum absolute atomic E-state index is 0.160. The molecule has 1 aliphatic carbocycles. The first kappa shape index (κ1) is 24.0. The lowest BCUT2D eigenvalue weighted by Gasteiger charge is -2.19. The lowest BCUT2D eigenvalue weighted by molar-refractivity contribution is 0.572. The summed E-state index contributed by atoms with van der Waals surface area (Å²) in [6, 6.07) is 9.83. The van der Waals surface area contributed by atoms with E-state index in [1.807, 2.05) is 6.07 Å². The van der Waals surface area contributed by atoms with E-state index in [4.69, 9.17) is 11.6 Å². The van der Waals surface area contributed by atoms with Crippen molar-refractivity contribution < 1.29 is 17.2 Å². The summed E-state index contributed by atoms with van der Waals surface area (Å²) in [4.78, 5) is 12.5. The first-order valence-corrected chi connectivity index (χ1v) is 12.9. The Balaban J connectivity index is 1.67. The summed E-state index contributed by atoms with van der Waals surface area (Å²) in [5.74, 6) is -1.87. The molecule has 1 aliphatic rings. The van der Waals surface area contributed by atoms with Crippen LogP contribution in [0.25, 0.3) is 0 Å². The molecule has 1 fully saturated rings. The first-order valence-electron chi connectivity index (χ1n) is 9.87. The first-order chi connectivity index (χ1) is 15.5. The van der Waals surface area contributed by atoms with Crippen molar-refractivity contribution in [3.8, 4) is 0 Å². The summed E-state index contributed by atoms with van der Waals surface area (Å²) in [6.07, 6.45) is 0.203. The van der Waals surface area contributed by atoms with Gasteiger partial charge in [0.2, 0.25) is 10.0 Å². The number of hydrogen-bond acceptors (Lipinski definition) is 4. The van der Waals surface area contributed by atoms with Gasteiger partial charge in [-0.15, -0.1) is 0 Å². The van der Waals surface area contributed by atoms with Gasteiger partial charge in [-0.2, -0.15) is 0 Å². The highest BCUT2D eigenvalue weighted by Crippen LogP contribution is 2.47. The van der Waals surface area contributed by atoms with Crippen LogP contribution < -0.4 is 15.6 Å². The van der Waals surface area contributed by atoms with E-state index in [2.05, 4.69) is 32.6 Å². The Bertz CT molecular complexity index is 1430. The average Bonchev–Trinajstić information content (AvgIpc) is 3.52. The van der Waals surface area contributed by atoms with Crippen LogP contribution in [0.3, 0.4) is 0 Å². The maximum Gasteiger partial charge on any atom is 0.254 e. The molecule has 174 valence electrons. The maximum atomic E-state index is 14.1. The van der Waals surface area contributed by atoms with Crippen LogP contribution in [0.15, 0.2) is 47.3 Å². The second-order valence-electron chi connectivity index (χ2n) is 7.90. The van der Waals surface area contributed by atoms with Gasteiger partial charge in [-0.1, -0.05) is 17.7 Å². The van der Waals surface area contributed by atoms with Gasteiger partial charge in [0.1, 0.15) is 17.5 Å². The van der Waals surface area contributed by atoms with Crippen LogP contribution in [0.1, 0.15) is 23.5 Å². The summed E-state index contributed by atoms with van der Waals surface area (Å²) in [5.41, 5.74) is 0.849. The van der Waals surface area contributed by atoms with E-state index in [-0.39, 0.29) is 29.0 Å². The van der Waals surface area contributed by atoms with Crippen molar-refractivity contribution in [2.24, 2.45) is 7.05 Å². The predicted molar refractivity (Wildman–Crippen MR) is 134 cm³/mol. The third-order valence-corrected chi connectivity index (χ3v) is 8.33. The molecular formula is C22H19ClF2IN3O3S. The molecule has 0 bridgehead atoms. The number of sulfonamides is 1. The molecule has 0 amide bonds. The summed E-state index contributed by atoms with van der Waals surface area (Å²) >= 11 is 8.42. The number of pyridine rings is 1. The molecule has 2 N–H and O–H groups in total. The largest absolute Gasteiger partial charge is 0.339 e. The number of nitrogens with zero attached hydrogens (tertiary/aromatic N) is 1. The van der Waals surface area contributed by atoms with E-state index < -0.39 is 32.8 Å². The van der Waals surface area contributed by atoms with E-state index in [0.717, 1.165) is 15.7 Å². The average molecular weight is 606 g/mol. The number of benzene rings is 2. The van der Waals surface area contributed by atoms with Gasteiger partial charge in [-0.3, -0.25) is 14.1 Å². The Kier molecular flexibility index (Phi) is 6.45. The molecule has 3 aromatic rings. The van der Waals surface area contributed by atoms with Crippen molar-refractivity contribution in [3.63, 3.8) is 0 Å². The number of halogens is 4. The van der Waals surface area contributed by atoms with E-state index in [1.165, 1.54) is 23.7 Å². The van der Waals surface area contributed by atoms with Crippen LogP contribution in [0.4, 0.5) is 26.0 Å². The fourth-order valence-electron chi connectivity index (χ4n) is 3.71. The summed E-state index contributed by atoms with van der Waals surface area (Å²) in [5, 5.41) is 2.56. The Morgan fingerprint density at radius 2 is 1.85 bits per heavy atom. The minimum Gasteiger partial charge on any atom is -0.339 e. The van der Waals surface area contributed by atoms with E-state index in [1.54, 1.807) is 19.1 Å². The Morgan fingerprint density at radius 1 is 1.12 bits per heavy atom. The molecule has 2 unspecified atom stereocenters. The number of anilines is 3. The second kappa shape index (κ2) is 8.88. The molecule has 6 nitrogen and oxygen atoms in total. The quantitative estimate of drug-likeness (QED) is 0.375. The molecule has 2 aromatic carbocycles. The van der Waals surface area contributed by atoms with Gasteiger partial charge in [0, 0.05) is 28.2 Å². The molecule has 1 saturated carbocycles. The summed E-state index contributed by atoms with van der Waals surface area (Å²) in [7, 11) is -2.42. The van der Waals surface area contributed by atoms with Gasteiger partial charge >= 0.3 is 0 Å². The summed E-state index contributed by atoms with van der Waals surface area (Å²) < 4.78 is 58.3. The third kappa shape index (κ3) is 4.87. The van der Waals surface area contributed by atoms with Crippen molar-refractivity contribution >= 4 is 61.4 Å². The highest BCUT2D eigenvalue weighted by atomic mass is 127. The lowest BCUT2D eigenvalue weighted by atomic mass is 10.1. The zero-order valence-corrected chi connectivity index (χ0v) is 21.2. The molecule has 11 heteroatoms. The van der Waals surface area contributed by atoms with Crippen LogP contribution in [-0.4, -0.2) is 18.2 Å². The molecule has 0 spiro atoms. The van der Waals surface area contributed by atoms with E-state index in [9.17, 15) is 22.0 Å². The molecule has 1 aromatic heterocycles. The van der Waals surface area contributed by atoms with Crippen LogP contribution in [-0.2, 0) is 17.1 Å². The van der Waals surface area contributed by atoms with Gasteiger partial charge < -0.3 is 5.32 Å². The Morgan fingerprint density at radius 3 is 2.52 bits per heavy atom. The third-order valence-electron chi connectivity index (χ3n) is 5.52. The van der Waals surface area contributed by atoms with Gasteiger partial charge in [-0.05, 0) is 71.8 Å². The molecule has 33 heavy (non-hydrogen) atoms. The van der Waals surface area contributed by atoms with Gasteiger partial charge in [-0.25, -0.2) is 17.2 Å². The zero-order chi connectivity index (χ0) is 24.1. The minimum atomic E-state index is -3.94. The van der Waals surface area contributed by atoms with Gasteiger partial charge in [0.15, 0.2) is 0 Å². The maximum absolute atomic E-state index is 14.1. The highest BCUT2D eigenvalue weighted by molar-refractivity contribution is 14.1. The van der Waals surface area contributed by atoms with Crippen LogP contribution in [0.2, 0.25) is 5.02 Å². The fraction of sp³-hybridized carbons (Fsp3) is 0.227. The van der Waals surface area contributed by atoms with E-state index in [0.29, 0.717) is 16.3 Å². The number of rotatable bonds is 6. The molecule has 0 radical (unpaired) electrons. The Labute approximate surface area is 208 Å². The van der Waals surface area contributed by atoms with Crippen LogP contribution in [0.5, 0.6) is 0 Å².